The topological polar surface area (TPSA) is 88.1 Å². The monoisotopic (exact) mass is 347 g/mol. The zero-order valence-electron chi connectivity index (χ0n) is 14.1. The van der Waals surface area contributed by atoms with E-state index >= 15 is 0 Å². The van der Waals surface area contributed by atoms with Gasteiger partial charge in [0, 0.05) is 19.2 Å². The molecule has 0 fully saturated rings. The predicted octanol–water partition coefficient (Wildman–Crippen LogP) is 2.91. The lowest BCUT2D eigenvalue weighted by Crippen LogP contribution is -2.18. The van der Waals surface area contributed by atoms with E-state index in [1.165, 1.54) is 6.33 Å². The first-order chi connectivity index (χ1) is 11.4. The predicted molar refractivity (Wildman–Crippen MR) is 99.4 cm³/mol. The van der Waals surface area contributed by atoms with Gasteiger partial charge in [-0.3, -0.25) is 0 Å². The van der Waals surface area contributed by atoms with Crippen molar-refractivity contribution in [3.8, 4) is 0 Å². The van der Waals surface area contributed by atoms with Crippen LogP contribution in [-0.4, -0.2) is 45.7 Å². The molecule has 0 saturated carbocycles. The number of benzene rings is 1. The summed E-state index contributed by atoms with van der Waals surface area (Å²) in [7, 11) is -0.406. The average Bonchev–Trinajstić information content (AvgIpc) is 2.95. The standard InChI is InChI=1S/C16H22N5O2P/c1-5-11(23-24(3,4)22-2)8-21-10-20-14-6-12-13(7-15(14)21)18-9-19-16(12)17/h6-7,9-11H,3,5,8H2,1-2,4H3,(H2,17,18,19). The van der Waals surface area contributed by atoms with Crippen LogP contribution in [0, 0.1) is 0 Å². The highest BCUT2D eigenvalue weighted by Gasteiger charge is 2.17. The van der Waals surface area contributed by atoms with Crippen LogP contribution in [0.2, 0.25) is 0 Å². The first-order valence-corrected chi connectivity index (χ1v) is 9.99. The Morgan fingerprint density at radius 1 is 1.29 bits per heavy atom. The van der Waals surface area contributed by atoms with E-state index in [-0.39, 0.29) is 6.10 Å². The molecule has 3 aromatic rings. The highest BCUT2D eigenvalue weighted by molar-refractivity contribution is 7.63. The van der Waals surface area contributed by atoms with Gasteiger partial charge in [-0.2, -0.15) is 0 Å². The molecule has 0 aliphatic carbocycles. The van der Waals surface area contributed by atoms with Gasteiger partial charge in [0.15, 0.2) is 0 Å². The fourth-order valence-corrected chi connectivity index (χ4v) is 3.52. The Morgan fingerprint density at radius 2 is 2.08 bits per heavy atom. The van der Waals surface area contributed by atoms with Gasteiger partial charge in [0.1, 0.15) is 19.5 Å². The van der Waals surface area contributed by atoms with Crippen LogP contribution in [-0.2, 0) is 15.6 Å². The Balaban J connectivity index is 1.96. The van der Waals surface area contributed by atoms with Gasteiger partial charge in [-0.15, -0.1) is 0 Å². The minimum absolute atomic E-state index is 0.00403. The maximum atomic E-state index is 6.05. The zero-order chi connectivity index (χ0) is 17.3. The lowest BCUT2D eigenvalue weighted by atomic mass is 10.2. The molecule has 0 bridgehead atoms. The van der Waals surface area contributed by atoms with Crippen LogP contribution in [0.25, 0.3) is 21.9 Å². The SMILES string of the molecule is C=P(C)(OC)OC(CC)Cn1cnc2cc3c(N)ncnc3cc21. The van der Waals surface area contributed by atoms with E-state index in [4.69, 9.17) is 14.8 Å². The number of nitrogens with two attached hydrogens (primary N) is 1. The Kier molecular flexibility index (Phi) is 4.58. The van der Waals surface area contributed by atoms with Crippen LogP contribution in [0.15, 0.2) is 24.8 Å². The molecule has 2 N–H and O–H groups in total. The van der Waals surface area contributed by atoms with E-state index < -0.39 is 7.34 Å². The molecule has 0 saturated heterocycles. The number of imidazole rings is 1. The van der Waals surface area contributed by atoms with Crippen LogP contribution in [0.1, 0.15) is 13.3 Å². The third kappa shape index (κ3) is 3.29. The van der Waals surface area contributed by atoms with Crippen molar-refractivity contribution in [2.45, 2.75) is 26.0 Å². The molecule has 3 rings (SSSR count). The van der Waals surface area contributed by atoms with Gasteiger partial charge in [-0.25, -0.2) is 15.0 Å². The molecule has 7 nitrogen and oxygen atoms in total. The van der Waals surface area contributed by atoms with E-state index in [2.05, 4.69) is 32.7 Å². The van der Waals surface area contributed by atoms with Gasteiger partial charge in [0.25, 0.3) is 0 Å². The number of fused-ring (bicyclic) bond motifs is 2. The van der Waals surface area contributed by atoms with Crippen molar-refractivity contribution in [2.75, 3.05) is 19.5 Å². The van der Waals surface area contributed by atoms with Gasteiger partial charge in [-0.1, -0.05) is 13.2 Å². The summed E-state index contributed by atoms with van der Waals surface area (Å²) in [6.07, 6.45) is 8.17. The summed E-state index contributed by atoms with van der Waals surface area (Å²) < 4.78 is 13.5. The van der Waals surface area contributed by atoms with Crippen molar-refractivity contribution in [1.29, 1.82) is 0 Å². The van der Waals surface area contributed by atoms with E-state index in [9.17, 15) is 0 Å². The van der Waals surface area contributed by atoms with E-state index in [1.807, 2.05) is 25.1 Å². The quantitative estimate of drug-likeness (QED) is 0.690. The van der Waals surface area contributed by atoms with Crippen LogP contribution in [0.3, 0.4) is 0 Å². The zero-order valence-corrected chi connectivity index (χ0v) is 15.0. The van der Waals surface area contributed by atoms with Crippen molar-refractivity contribution in [3.05, 3.63) is 24.8 Å². The lowest BCUT2D eigenvalue weighted by Gasteiger charge is -2.25. The Hall–Kier alpha value is -1.95. The highest BCUT2D eigenvalue weighted by atomic mass is 31.2. The Labute approximate surface area is 141 Å². The molecular weight excluding hydrogens is 325 g/mol. The minimum atomic E-state index is -2.04. The third-order valence-corrected chi connectivity index (χ3v) is 5.54. The van der Waals surface area contributed by atoms with Crippen molar-refractivity contribution >= 4 is 41.4 Å². The van der Waals surface area contributed by atoms with Crippen molar-refractivity contribution in [2.24, 2.45) is 0 Å². The van der Waals surface area contributed by atoms with E-state index in [1.54, 1.807) is 7.11 Å². The second kappa shape index (κ2) is 6.51. The molecule has 24 heavy (non-hydrogen) atoms. The van der Waals surface area contributed by atoms with E-state index in [0.717, 1.165) is 28.4 Å². The normalized spacial score (nSPS) is 15.6. The summed E-state index contributed by atoms with van der Waals surface area (Å²) >= 11 is 0. The summed E-state index contributed by atoms with van der Waals surface area (Å²) in [5.41, 5.74) is 8.57. The summed E-state index contributed by atoms with van der Waals surface area (Å²) in [5.74, 6) is 0.462. The molecule has 2 atom stereocenters. The number of anilines is 1. The Bertz CT molecular complexity index is 923. The highest BCUT2D eigenvalue weighted by Crippen LogP contribution is 2.44. The number of nitrogen functional groups attached to an aromatic ring is 1. The Morgan fingerprint density at radius 3 is 2.79 bits per heavy atom. The largest absolute Gasteiger partial charge is 0.383 e. The van der Waals surface area contributed by atoms with Crippen LogP contribution in [0.5, 0.6) is 0 Å². The van der Waals surface area contributed by atoms with E-state index in [0.29, 0.717) is 12.4 Å². The second-order valence-corrected chi connectivity index (χ2v) is 8.45. The molecule has 1 aromatic carbocycles. The van der Waals surface area contributed by atoms with Crippen LogP contribution < -0.4 is 5.73 Å². The first kappa shape index (κ1) is 16.9. The van der Waals surface area contributed by atoms with Gasteiger partial charge in [0.2, 0.25) is 0 Å². The number of nitrogens with zero attached hydrogens (tertiary/aromatic N) is 4. The molecule has 0 radical (unpaired) electrons. The molecule has 2 aromatic heterocycles. The molecule has 8 heteroatoms. The number of aromatic nitrogens is 4. The summed E-state index contributed by atoms with van der Waals surface area (Å²) in [6, 6.07) is 3.91. The molecule has 0 amide bonds. The van der Waals surface area contributed by atoms with Gasteiger partial charge < -0.3 is 19.3 Å². The van der Waals surface area contributed by atoms with Crippen LogP contribution >= 0.6 is 7.34 Å². The molecule has 0 aliphatic rings. The second-order valence-electron chi connectivity index (χ2n) is 5.85. The molecule has 128 valence electrons. The molecule has 0 spiro atoms. The molecule has 2 heterocycles. The molecule has 0 aliphatic heterocycles. The maximum Gasteiger partial charge on any atom is 0.134 e. The smallest absolute Gasteiger partial charge is 0.134 e. The molecular formula is C16H22N5O2P. The van der Waals surface area contributed by atoms with Gasteiger partial charge in [-0.05, 0) is 18.6 Å². The number of hydrogen-bond acceptors (Lipinski definition) is 6. The van der Waals surface area contributed by atoms with Gasteiger partial charge >= 0.3 is 0 Å². The minimum Gasteiger partial charge on any atom is -0.383 e. The fourth-order valence-electron chi connectivity index (χ4n) is 2.59. The number of rotatable bonds is 6. The van der Waals surface area contributed by atoms with Crippen molar-refractivity contribution in [3.63, 3.8) is 0 Å². The first-order valence-electron chi connectivity index (χ1n) is 7.73. The fraction of sp³-hybridized carbons (Fsp3) is 0.375. The molecule has 2 unspecified atom stereocenters. The van der Waals surface area contributed by atoms with Crippen molar-refractivity contribution in [1.82, 2.24) is 19.5 Å². The van der Waals surface area contributed by atoms with Crippen molar-refractivity contribution < 1.29 is 9.05 Å². The number of hydrogen-bond donors (Lipinski definition) is 1. The van der Waals surface area contributed by atoms with Crippen LogP contribution in [0.4, 0.5) is 5.82 Å². The average molecular weight is 347 g/mol. The maximum absolute atomic E-state index is 6.05. The summed E-state index contributed by atoms with van der Waals surface area (Å²) in [4.78, 5) is 12.8. The van der Waals surface area contributed by atoms with Gasteiger partial charge in [0.05, 0.1) is 35.5 Å². The summed E-state index contributed by atoms with van der Waals surface area (Å²) in [5, 5.41) is 0.814. The third-order valence-electron chi connectivity index (χ3n) is 4.02. The summed E-state index contributed by atoms with van der Waals surface area (Å²) in [6.45, 7) is 4.67. The lowest BCUT2D eigenvalue weighted by molar-refractivity contribution is 0.169.